The molecule has 0 aromatic heterocycles. The average molecular weight is 358 g/mol. The number of benzene rings is 1. The first-order valence-corrected chi connectivity index (χ1v) is 9.84. The van der Waals surface area contributed by atoms with Gasteiger partial charge in [-0.05, 0) is 55.5 Å². The number of nitrogens with one attached hydrogen (secondary N) is 1. The number of rotatable bonds is 7. The molecule has 1 saturated heterocycles. The van der Waals surface area contributed by atoms with Crippen LogP contribution < -0.4 is 10.2 Å². The number of hydrogen-bond acceptors (Lipinski definition) is 3. The highest BCUT2D eigenvalue weighted by Gasteiger charge is 2.16. The molecule has 1 heterocycles. The monoisotopic (exact) mass is 357 g/mol. The number of allylic oxidation sites excluding steroid dienone is 1. The highest BCUT2D eigenvalue weighted by atomic mass is 16.1. The van der Waals surface area contributed by atoms with Gasteiger partial charge < -0.3 is 10.2 Å². The van der Waals surface area contributed by atoms with Crippen molar-refractivity contribution in [1.29, 1.82) is 0 Å². The molecular formula is C22H35N3O. The SMILES string of the molecule is Cc1cccc(N2CCN(CCCCNC(=O)/C=C/C(C)(C)C)CC2)c1. The van der Waals surface area contributed by atoms with Crippen molar-refractivity contribution in [3.63, 3.8) is 0 Å². The zero-order chi connectivity index (χ0) is 19.0. The molecule has 1 aromatic rings. The van der Waals surface area contributed by atoms with E-state index in [2.05, 4.69) is 67.1 Å². The fourth-order valence-corrected chi connectivity index (χ4v) is 3.11. The van der Waals surface area contributed by atoms with Crippen LogP contribution in [0.1, 0.15) is 39.2 Å². The summed E-state index contributed by atoms with van der Waals surface area (Å²) >= 11 is 0. The molecule has 1 amide bonds. The van der Waals surface area contributed by atoms with Gasteiger partial charge >= 0.3 is 0 Å². The number of unbranched alkanes of at least 4 members (excludes halogenated alkanes) is 1. The summed E-state index contributed by atoms with van der Waals surface area (Å²) in [5, 5.41) is 2.97. The Morgan fingerprint density at radius 3 is 2.54 bits per heavy atom. The summed E-state index contributed by atoms with van der Waals surface area (Å²) < 4.78 is 0. The molecule has 2 rings (SSSR count). The van der Waals surface area contributed by atoms with Gasteiger partial charge in [0, 0.05) is 38.4 Å². The first-order valence-electron chi connectivity index (χ1n) is 9.84. The van der Waals surface area contributed by atoms with Gasteiger partial charge in [-0.15, -0.1) is 0 Å². The van der Waals surface area contributed by atoms with Gasteiger partial charge in [-0.1, -0.05) is 39.0 Å². The summed E-state index contributed by atoms with van der Waals surface area (Å²) in [7, 11) is 0. The van der Waals surface area contributed by atoms with Crippen molar-refractivity contribution in [2.45, 2.75) is 40.5 Å². The van der Waals surface area contributed by atoms with Crippen molar-refractivity contribution in [1.82, 2.24) is 10.2 Å². The van der Waals surface area contributed by atoms with E-state index in [0.29, 0.717) is 0 Å². The fraction of sp³-hybridized carbons (Fsp3) is 0.591. The second kappa shape index (κ2) is 9.77. The zero-order valence-corrected chi connectivity index (χ0v) is 16.9. The van der Waals surface area contributed by atoms with Gasteiger partial charge in [0.1, 0.15) is 0 Å². The topological polar surface area (TPSA) is 35.6 Å². The Balaban J connectivity index is 1.58. The second-order valence-electron chi connectivity index (χ2n) is 8.37. The van der Waals surface area contributed by atoms with Gasteiger partial charge in [0.2, 0.25) is 5.91 Å². The van der Waals surface area contributed by atoms with Gasteiger partial charge in [-0.3, -0.25) is 9.69 Å². The quantitative estimate of drug-likeness (QED) is 0.598. The highest BCUT2D eigenvalue weighted by Crippen LogP contribution is 2.18. The molecule has 4 nitrogen and oxygen atoms in total. The first kappa shape index (κ1) is 20.5. The van der Waals surface area contributed by atoms with E-state index >= 15 is 0 Å². The number of carbonyl (C=O) groups excluding carboxylic acids is 1. The molecule has 1 aromatic carbocycles. The summed E-state index contributed by atoms with van der Waals surface area (Å²) in [5.74, 6) is 0.0201. The smallest absolute Gasteiger partial charge is 0.243 e. The Hall–Kier alpha value is -1.81. The van der Waals surface area contributed by atoms with E-state index in [4.69, 9.17) is 0 Å². The van der Waals surface area contributed by atoms with E-state index in [1.54, 1.807) is 6.08 Å². The zero-order valence-electron chi connectivity index (χ0n) is 16.9. The molecule has 0 aliphatic carbocycles. The predicted molar refractivity (Wildman–Crippen MR) is 111 cm³/mol. The van der Waals surface area contributed by atoms with Gasteiger partial charge in [-0.2, -0.15) is 0 Å². The molecule has 0 atom stereocenters. The lowest BCUT2D eigenvalue weighted by Gasteiger charge is -2.36. The number of carbonyl (C=O) groups is 1. The molecule has 26 heavy (non-hydrogen) atoms. The van der Waals surface area contributed by atoms with E-state index in [1.807, 2.05) is 6.08 Å². The third kappa shape index (κ3) is 7.61. The molecule has 0 spiro atoms. The van der Waals surface area contributed by atoms with Crippen LogP contribution in [0.2, 0.25) is 0 Å². The molecule has 0 saturated carbocycles. The fourth-order valence-electron chi connectivity index (χ4n) is 3.11. The molecule has 1 N–H and O–H groups in total. The first-order chi connectivity index (χ1) is 12.3. The largest absolute Gasteiger partial charge is 0.369 e. The molecule has 144 valence electrons. The van der Waals surface area contributed by atoms with E-state index in [1.165, 1.54) is 11.3 Å². The van der Waals surface area contributed by atoms with E-state index < -0.39 is 0 Å². The minimum Gasteiger partial charge on any atom is -0.369 e. The van der Waals surface area contributed by atoms with Gasteiger partial charge in [0.05, 0.1) is 0 Å². The van der Waals surface area contributed by atoms with Crippen LogP contribution in [0, 0.1) is 12.3 Å². The van der Waals surface area contributed by atoms with Gasteiger partial charge in [0.25, 0.3) is 0 Å². The molecule has 0 bridgehead atoms. The molecule has 0 radical (unpaired) electrons. The Morgan fingerprint density at radius 2 is 1.88 bits per heavy atom. The minimum atomic E-state index is 0.0201. The molecule has 1 fully saturated rings. The van der Waals surface area contributed by atoms with Crippen LogP contribution in [0.25, 0.3) is 0 Å². The average Bonchev–Trinajstić information content (AvgIpc) is 2.59. The van der Waals surface area contributed by atoms with E-state index in [9.17, 15) is 4.79 Å². The number of hydrogen-bond donors (Lipinski definition) is 1. The van der Waals surface area contributed by atoms with Gasteiger partial charge in [0.15, 0.2) is 0 Å². The Kier molecular flexibility index (Phi) is 7.70. The summed E-state index contributed by atoms with van der Waals surface area (Å²) in [6, 6.07) is 8.77. The van der Waals surface area contributed by atoms with Crippen molar-refractivity contribution < 1.29 is 4.79 Å². The van der Waals surface area contributed by atoms with Gasteiger partial charge in [-0.25, -0.2) is 0 Å². The molecule has 0 unspecified atom stereocenters. The van der Waals surface area contributed by atoms with Crippen LogP contribution in [0.15, 0.2) is 36.4 Å². The maximum atomic E-state index is 11.7. The Labute approximate surface area is 159 Å². The third-order valence-corrected chi connectivity index (χ3v) is 4.67. The molecular weight excluding hydrogens is 322 g/mol. The van der Waals surface area contributed by atoms with Crippen molar-refractivity contribution in [3.8, 4) is 0 Å². The summed E-state index contributed by atoms with van der Waals surface area (Å²) in [6.07, 6.45) is 5.78. The van der Waals surface area contributed by atoms with Crippen LogP contribution in [-0.4, -0.2) is 50.1 Å². The number of amides is 1. The molecule has 4 heteroatoms. The molecule has 1 aliphatic heterocycles. The van der Waals surface area contributed by atoms with Crippen LogP contribution in [0.5, 0.6) is 0 Å². The van der Waals surface area contributed by atoms with Crippen LogP contribution in [-0.2, 0) is 4.79 Å². The summed E-state index contributed by atoms with van der Waals surface area (Å²) in [4.78, 5) is 16.7. The maximum absolute atomic E-state index is 11.7. The lowest BCUT2D eigenvalue weighted by atomic mass is 9.96. The second-order valence-corrected chi connectivity index (χ2v) is 8.37. The number of piperazine rings is 1. The van der Waals surface area contributed by atoms with Crippen molar-refractivity contribution in [2.75, 3.05) is 44.2 Å². The van der Waals surface area contributed by atoms with E-state index in [0.717, 1.165) is 52.1 Å². The molecule has 1 aliphatic rings. The number of anilines is 1. The highest BCUT2D eigenvalue weighted by molar-refractivity contribution is 5.87. The Bertz CT molecular complexity index is 596. The Morgan fingerprint density at radius 1 is 1.15 bits per heavy atom. The van der Waals surface area contributed by atoms with Crippen LogP contribution in [0.4, 0.5) is 5.69 Å². The van der Waals surface area contributed by atoms with Crippen LogP contribution in [0.3, 0.4) is 0 Å². The van der Waals surface area contributed by atoms with Crippen molar-refractivity contribution in [2.24, 2.45) is 5.41 Å². The normalized spacial score (nSPS) is 16.2. The maximum Gasteiger partial charge on any atom is 0.243 e. The van der Waals surface area contributed by atoms with Crippen molar-refractivity contribution in [3.05, 3.63) is 42.0 Å². The predicted octanol–water partition coefficient (Wildman–Crippen LogP) is 3.62. The minimum absolute atomic E-state index is 0.0201. The lowest BCUT2D eigenvalue weighted by molar-refractivity contribution is -0.116. The van der Waals surface area contributed by atoms with Crippen molar-refractivity contribution >= 4 is 11.6 Å². The number of aryl methyl sites for hydroxylation is 1. The standard InChI is InChI=1S/C22H35N3O/c1-19-8-7-9-20(18-19)25-16-14-24(15-17-25)13-6-5-12-23-21(26)10-11-22(2,3)4/h7-11,18H,5-6,12-17H2,1-4H3,(H,23,26)/b11-10+. The third-order valence-electron chi connectivity index (χ3n) is 4.67. The van der Waals surface area contributed by atoms with E-state index in [-0.39, 0.29) is 11.3 Å². The number of nitrogens with zero attached hydrogens (tertiary/aromatic N) is 2. The summed E-state index contributed by atoms with van der Waals surface area (Å²) in [5.41, 5.74) is 2.72. The van der Waals surface area contributed by atoms with Crippen LogP contribution >= 0.6 is 0 Å². The lowest BCUT2D eigenvalue weighted by Crippen LogP contribution is -2.46. The summed E-state index contributed by atoms with van der Waals surface area (Å²) in [6.45, 7) is 14.7.